The summed E-state index contributed by atoms with van der Waals surface area (Å²) in [6, 6.07) is 4.71. The van der Waals surface area contributed by atoms with Crippen LogP contribution in [0.5, 0.6) is 0 Å². The van der Waals surface area contributed by atoms with Gasteiger partial charge in [0.2, 0.25) is 5.91 Å². The normalized spacial score (nSPS) is 23.7. The van der Waals surface area contributed by atoms with E-state index in [2.05, 4.69) is 10.6 Å². The van der Waals surface area contributed by atoms with Crippen LogP contribution in [0.25, 0.3) is 0 Å². The van der Waals surface area contributed by atoms with Crippen molar-refractivity contribution in [2.45, 2.75) is 38.6 Å². The van der Waals surface area contributed by atoms with Gasteiger partial charge >= 0.3 is 0 Å². The SMILES string of the molecule is Cc1ccc(F)c(NC(=O)C2(C)CCCCN2)c1. The molecule has 1 aliphatic heterocycles. The van der Waals surface area contributed by atoms with Gasteiger partial charge in [-0.2, -0.15) is 0 Å². The first-order chi connectivity index (χ1) is 8.51. The van der Waals surface area contributed by atoms with Crippen molar-refractivity contribution >= 4 is 11.6 Å². The number of piperidine rings is 1. The highest BCUT2D eigenvalue weighted by Crippen LogP contribution is 2.22. The van der Waals surface area contributed by atoms with Crippen LogP contribution in [0.1, 0.15) is 31.7 Å². The van der Waals surface area contributed by atoms with E-state index >= 15 is 0 Å². The fraction of sp³-hybridized carbons (Fsp3) is 0.500. The molecule has 2 N–H and O–H groups in total. The van der Waals surface area contributed by atoms with Gasteiger partial charge in [-0.15, -0.1) is 0 Å². The second-order valence-electron chi connectivity index (χ2n) is 5.15. The molecular weight excluding hydrogens is 231 g/mol. The average molecular weight is 250 g/mol. The maximum atomic E-state index is 13.6. The summed E-state index contributed by atoms with van der Waals surface area (Å²) in [5, 5.41) is 5.90. The standard InChI is InChI=1S/C14H19FN2O/c1-10-5-6-11(15)12(9-10)17-13(18)14(2)7-3-4-8-16-14/h5-6,9,16H,3-4,7-8H2,1-2H3,(H,17,18). The molecule has 1 saturated heterocycles. The summed E-state index contributed by atoms with van der Waals surface area (Å²) < 4.78 is 13.6. The highest BCUT2D eigenvalue weighted by atomic mass is 19.1. The molecule has 1 aromatic carbocycles. The molecule has 98 valence electrons. The molecule has 3 nitrogen and oxygen atoms in total. The maximum absolute atomic E-state index is 13.6. The monoisotopic (exact) mass is 250 g/mol. The molecule has 1 aromatic rings. The Kier molecular flexibility index (Phi) is 3.66. The highest BCUT2D eigenvalue weighted by Gasteiger charge is 2.34. The van der Waals surface area contributed by atoms with Gasteiger partial charge in [0.15, 0.2) is 0 Å². The van der Waals surface area contributed by atoms with Crippen LogP contribution in [0.2, 0.25) is 0 Å². The Morgan fingerprint density at radius 3 is 2.89 bits per heavy atom. The highest BCUT2D eigenvalue weighted by molar-refractivity contribution is 5.98. The topological polar surface area (TPSA) is 41.1 Å². The van der Waals surface area contributed by atoms with Gasteiger partial charge in [-0.3, -0.25) is 4.79 Å². The number of amides is 1. The van der Waals surface area contributed by atoms with Crippen LogP contribution in [0.4, 0.5) is 10.1 Å². The molecule has 18 heavy (non-hydrogen) atoms. The van der Waals surface area contributed by atoms with E-state index in [1.54, 1.807) is 12.1 Å². The third-order valence-electron chi connectivity index (χ3n) is 3.49. The summed E-state index contributed by atoms with van der Waals surface area (Å²) in [7, 11) is 0. The van der Waals surface area contributed by atoms with Crippen molar-refractivity contribution in [3.05, 3.63) is 29.6 Å². The Morgan fingerprint density at radius 1 is 1.44 bits per heavy atom. The molecule has 2 rings (SSSR count). The van der Waals surface area contributed by atoms with Crippen LogP contribution in [-0.2, 0) is 4.79 Å². The summed E-state index contributed by atoms with van der Waals surface area (Å²) in [5.41, 5.74) is 0.594. The van der Waals surface area contributed by atoms with Gasteiger partial charge in [-0.05, 0) is 57.4 Å². The Morgan fingerprint density at radius 2 is 2.22 bits per heavy atom. The van der Waals surface area contributed by atoms with E-state index in [0.29, 0.717) is 0 Å². The predicted molar refractivity (Wildman–Crippen MR) is 70.0 cm³/mol. The van der Waals surface area contributed by atoms with E-state index in [9.17, 15) is 9.18 Å². The van der Waals surface area contributed by atoms with Crippen LogP contribution in [0.3, 0.4) is 0 Å². The van der Waals surface area contributed by atoms with Crippen molar-refractivity contribution in [3.63, 3.8) is 0 Å². The first-order valence-electron chi connectivity index (χ1n) is 6.34. The maximum Gasteiger partial charge on any atom is 0.244 e. The van der Waals surface area contributed by atoms with E-state index < -0.39 is 11.4 Å². The third kappa shape index (κ3) is 2.70. The quantitative estimate of drug-likeness (QED) is 0.847. The molecule has 0 aromatic heterocycles. The van der Waals surface area contributed by atoms with E-state index in [-0.39, 0.29) is 11.6 Å². The molecule has 0 bridgehead atoms. The Labute approximate surface area is 107 Å². The van der Waals surface area contributed by atoms with E-state index in [0.717, 1.165) is 31.4 Å². The lowest BCUT2D eigenvalue weighted by molar-refractivity contribution is -0.122. The van der Waals surface area contributed by atoms with Gasteiger partial charge < -0.3 is 10.6 Å². The molecule has 0 spiro atoms. The van der Waals surface area contributed by atoms with Crippen molar-refractivity contribution in [2.24, 2.45) is 0 Å². The summed E-state index contributed by atoms with van der Waals surface area (Å²) in [5.74, 6) is -0.556. The number of halogens is 1. The first-order valence-corrected chi connectivity index (χ1v) is 6.34. The van der Waals surface area contributed by atoms with Gasteiger partial charge in [0.05, 0.1) is 11.2 Å². The first kappa shape index (κ1) is 13.0. The summed E-state index contributed by atoms with van der Waals surface area (Å²) in [6.45, 7) is 4.57. The number of carbonyl (C=O) groups excluding carboxylic acids is 1. The van der Waals surface area contributed by atoms with Gasteiger partial charge in [-0.25, -0.2) is 4.39 Å². The van der Waals surface area contributed by atoms with Crippen LogP contribution >= 0.6 is 0 Å². The number of anilines is 1. The Bertz CT molecular complexity index is 453. The van der Waals surface area contributed by atoms with Crippen LogP contribution in [-0.4, -0.2) is 18.0 Å². The number of carbonyl (C=O) groups is 1. The molecule has 1 unspecified atom stereocenters. The zero-order valence-corrected chi connectivity index (χ0v) is 10.8. The lowest BCUT2D eigenvalue weighted by atomic mass is 9.90. The van der Waals surface area contributed by atoms with Gasteiger partial charge in [0.25, 0.3) is 0 Å². The largest absolute Gasteiger partial charge is 0.322 e. The Hall–Kier alpha value is -1.42. The number of hydrogen-bond acceptors (Lipinski definition) is 2. The minimum Gasteiger partial charge on any atom is -0.322 e. The number of rotatable bonds is 2. The molecule has 1 fully saturated rings. The van der Waals surface area contributed by atoms with Crippen LogP contribution in [0, 0.1) is 12.7 Å². The zero-order chi connectivity index (χ0) is 13.2. The number of benzene rings is 1. The predicted octanol–water partition coefficient (Wildman–Crippen LogP) is 2.60. The van der Waals surface area contributed by atoms with Crippen molar-refractivity contribution < 1.29 is 9.18 Å². The lowest BCUT2D eigenvalue weighted by Gasteiger charge is -2.33. The fourth-order valence-corrected chi connectivity index (χ4v) is 2.25. The van der Waals surface area contributed by atoms with E-state index in [1.165, 1.54) is 6.07 Å². The number of hydrogen-bond donors (Lipinski definition) is 2. The van der Waals surface area contributed by atoms with Gasteiger partial charge in [0, 0.05) is 0 Å². The number of nitrogens with one attached hydrogen (secondary N) is 2. The van der Waals surface area contributed by atoms with Crippen LogP contribution < -0.4 is 10.6 Å². The smallest absolute Gasteiger partial charge is 0.244 e. The molecule has 0 aliphatic carbocycles. The average Bonchev–Trinajstić information content (AvgIpc) is 2.35. The fourth-order valence-electron chi connectivity index (χ4n) is 2.25. The minimum atomic E-state index is -0.589. The summed E-state index contributed by atoms with van der Waals surface area (Å²) >= 11 is 0. The van der Waals surface area contributed by atoms with Crippen molar-refractivity contribution in [3.8, 4) is 0 Å². The molecule has 1 heterocycles. The van der Waals surface area contributed by atoms with E-state index in [1.807, 2.05) is 13.8 Å². The third-order valence-corrected chi connectivity index (χ3v) is 3.49. The molecule has 1 aliphatic rings. The minimum absolute atomic E-state index is 0.160. The van der Waals surface area contributed by atoms with Crippen molar-refractivity contribution in [1.29, 1.82) is 0 Å². The molecule has 4 heteroatoms. The molecular formula is C14H19FN2O. The molecule has 1 atom stereocenters. The lowest BCUT2D eigenvalue weighted by Crippen LogP contribution is -2.54. The molecule has 0 radical (unpaired) electrons. The second-order valence-corrected chi connectivity index (χ2v) is 5.15. The van der Waals surface area contributed by atoms with Crippen molar-refractivity contribution in [1.82, 2.24) is 5.32 Å². The van der Waals surface area contributed by atoms with Gasteiger partial charge in [-0.1, -0.05) is 6.07 Å². The molecule has 1 amide bonds. The zero-order valence-electron chi connectivity index (χ0n) is 10.8. The van der Waals surface area contributed by atoms with E-state index in [4.69, 9.17) is 0 Å². The van der Waals surface area contributed by atoms with Crippen molar-refractivity contribution in [2.75, 3.05) is 11.9 Å². The summed E-state index contributed by atoms with van der Waals surface area (Å²) in [6.07, 6.45) is 2.89. The summed E-state index contributed by atoms with van der Waals surface area (Å²) in [4.78, 5) is 12.2. The molecule has 0 saturated carbocycles. The second kappa shape index (κ2) is 5.06. The Balaban J connectivity index is 2.13. The van der Waals surface area contributed by atoms with Gasteiger partial charge in [0.1, 0.15) is 5.82 Å². The van der Waals surface area contributed by atoms with Crippen LogP contribution in [0.15, 0.2) is 18.2 Å². The number of aryl methyl sites for hydroxylation is 1.